The predicted octanol–water partition coefficient (Wildman–Crippen LogP) is 2.69. The van der Waals surface area contributed by atoms with Crippen molar-refractivity contribution in [1.29, 1.82) is 0 Å². The van der Waals surface area contributed by atoms with Crippen LogP contribution in [0.2, 0.25) is 5.28 Å². The van der Waals surface area contributed by atoms with Crippen molar-refractivity contribution in [2.75, 3.05) is 44.0 Å². The highest BCUT2D eigenvalue weighted by atomic mass is 35.5. The van der Waals surface area contributed by atoms with E-state index in [0.717, 1.165) is 48.5 Å². The van der Waals surface area contributed by atoms with E-state index in [1.807, 2.05) is 11.8 Å². The van der Waals surface area contributed by atoms with Crippen LogP contribution in [0.5, 0.6) is 0 Å². The van der Waals surface area contributed by atoms with Gasteiger partial charge in [-0.1, -0.05) is 19.4 Å². The van der Waals surface area contributed by atoms with Gasteiger partial charge in [0.2, 0.25) is 5.28 Å². The summed E-state index contributed by atoms with van der Waals surface area (Å²) in [5.41, 5.74) is 6.87. The van der Waals surface area contributed by atoms with Crippen LogP contribution in [0.15, 0.2) is 10.5 Å². The Kier molecular flexibility index (Phi) is 6.50. The molecule has 1 aromatic heterocycles. The molecule has 0 bridgehead atoms. The Hall–Kier alpha value is -0.820. The molecule has 5 nitrogen and oxygen atoms in total. The van der Waals surface area contributed by atoms with E-state index in [9.17, 15) is 0 Å². The predicted molar refractivity (Wildman–Crippen MR) is 93.7 cm³/mol. The molecule has 2 aliphatic heterocycles. The maximum Gasteiger partial charge on any atom is 0.224 e. The number of nitrogens with two attached hydrogens (primary N) is 1. The van der Waals surface area contributed by atoms with E-state index in [2.05, 4.69) is 40.5 Å². The van der Waals surface area contributed by atoms with E-state index in [4.69, 9.17) is 16.3 Å². The average Bonchev–Trinajstić information content (AvgIpc) is 2.56. The standard InChI is InChI=1S/C14H18ClN3OS.CH5N/c1-9(2)10-7-11-12(20-8-10)13(17-14(15)16-11)18-3-5-19-6-4-18;1-2/h7,9H,3-6,8H2,1-2H3;2H2,1H3. The number of nitrogens with zero attached hydrogens (tertiary/aromatic N) is 3. The third-order valence-corrected chi connectivity index (χ3v) is 4.93. The second-order valence-electron chi connectivity index (χ2n) is 5.29. The van der Waals surface area contributed by atoms with Crippen LogP contribution in [-0.2, 0) is 4.74 Å². The van der Waals surface area contributed by atoms with Crippen molar-refractivity contribution in [2.24, 2.45) is 11.7 Å². The summed E-state index contributed by atoms with van der Waals surface area (Å²) in [7, 11) is 1.50. The van der Waals surface area contributed by atoms with Crippen molar-refractivity contribution in [2.45, 2.75) is 18.7 Å². The Balaban J connectivity index is 0.000000847. The average molecular weight is 343 g/mol. The van der Waals surface area contributed by atoms with Gasteiger partial charge >= 0.3 is 0 Å². The molecule has 2 aliphatic rings. The van der Waals surface area contributed by atoms with E-state index in [-0.39, 0.29) is 0 Å². The molecule has 3 heterocycles. The van der Waals surface area contributed by atoms with Crippen LogP contribution in [0.4, 0.5) is 5.82 Å². The van der Waals surface area contributed by atoms with E-state index in [1.54, 1.807) is 0 Å². The molecule has 0 aromatic carbocycles. The Labute approximate surface area is 141 Å². The minimum atomic E-state index is 0.326. The number of rotatable bonds is 2. The highest BCUT2D eigenvalue weighted by molar-refractivity contribution is 7.99. The van der Waals surface area contributed by atoms with E-state index < -0.39 is 0 Å². The van der Waals surface area contributed by atoms with Gasteiger partial charge < -0.3 is 15.4 Å². The molecule has 3 rings (SSSR count). The SMILES string of the molecule is CC(C)C1=Cc2nc(Cl)nc(N3CCOCC3)c2SC1.CN. The number of anilines is 1. The molecule has 122 valence electrons. The molecule has 22 heavy (non-hydrogen) atoms. The van der Waals surface area contributed by atoms with Gasteiger partial charge in [-0.2, -0.15) is 4.98 Å². The zero-order chi connectivity index (χ0) is 16.1. The van der Waals surface area contributed by atoms with Crippen molar-refractivity contribution >= 4 is 35.3 Å². The molecule has 2 N–H and O–H groups in total. The highest BCUT2D eigenvalue weighted by Gasteiger charge is 2.24. The number of fused-ring (bicyclic) bond motifs is 1. The second-order valence-corrected chi connectivity index (χ2v) is 6.62. The number of ether oxygens (including phenoxy) is 1. The summed E-state index contributed by atoms with van der Waals surface area (Å²) < 4.78 is 5.41. The van der Waals surface area contributed by atoms with E-state index in [0.29, 0.717) is 11.2 Å². The summed E-state index contributed by atoms with van der Waals surface area (Å²) in [4.78, 5) is 12.3. The first-order valence-electron chi connectivity index (χ1n) is 7.46. The van der Waals surface area contributed by atoms with Crippen LogP contribution < -0.4 is 10.6 Å². The quantitative estimate of drug-likeness (QED) is 0.834. The fourth-order valence-electron chi connectivity index (χ4n) is 2.36. The molecule has 0 unspecified atom stereocenters. The van der Waals surface area contributed by atoms with Gasteiger partial charge in [0, 0.05) is 18.8 Å². The normalized spacial score (nSPS) is 17.5. The molecular formula is C15H23ClN4OS. The number of hydrogen-bond donors (Lipinski definition) is 1. The van der Waals surface area contributed by atoms with Gasteiger partial charge in [0.15, 0.2) is 0 Å². The molecule has 0 atom stereocenters. The summed E-state index contributed by atoms with van der Waals surface area (Å²) in [6.45, 7) is 7.64. The van der Waals surface area contributed by atoms with E-state index >= 15 is 0 Å². The first-order valence-corrected chi connectivity index (χ1v) is 8.82. The second kappa shape index (κ2) is 8.15. The van der Waals surface area contributed by atoms with Gasteiger partial charge in [-0.3, -0.25) is 0 Å². The first kappa shape index (κ1) is 17.5. The lowest BCUT2D eigenvalue weighted by Crippen LogP contribution is -2.37. The largest absolute Gasteiger partial charge is 0.378 e. The van der Waals surface area contributed by atoms with Crippen LogP contribution in [-0.4, -0.2) is 49.1 Å². The molecule has 1 saturated heterocycles. The minimum absolute atomic E-state index is 0.326. The first-order chi connectivity index (χ1) is 10.6. The number of aromatic nitrogens is 2. The van der Waals surface area contributed by atoms with Crippen molar-refractivity contribution in [1.82, 2.24) is 9.97 Å². The summed E-state index contributed by atoms with van der Waals surface area (Å²) in [5.74, 6) is 2.51. The zero-order valence-electron chi connectivity index (χ0n) is 13.3. The lowest BCUT2D eigenvalue weighted by Gasteiger charge is -2.30. The third kappa shape index (κ3) is 3.93. The number of thioether (sulfide) groups is 1. The van der Waals surface area contributed by atoms with Gasteiger partial charge in [-0.25, -0.2) is 4.98 Å². The number of hydrogen-bond acceptors (Lipinski definition) is 6. The molecule has 1 aromatic rings. The molecule has 0 amide bonds. The maximum atomic E-state index is 6.11. The Morgan fingerprint density at radius 3 is 2.59 bits per heavy atom. The van der Waals surface area contributed by atoms with Crippen LogP contribution in [0, 0.1) is 5.92 Å². The van der Waals surface area contributed by atoms with Crippen LogP contribution in [0.25, 0.3) is 6.08 Å². The minimum Gasteiger partial charge on any atom is -0.378 e. The summed E-state index contributed by atoms with van der Waals surface area (Å²) in [6, 6.07) is 0. The molecular weight excluding hydrogens is 320 g/mol. The van der Waals surface area contributed by atoms with Gasteiger partial charge in [0.1, 0.15) is 5.82 Å². The number of morpholine rings is 1. The van der Waals surface area contributed by atoms with Crippen molar-refractivity contribution in [3.05, 3.63) is 16.6 Å². The smallest absolute Gasteiger partial charge is 0.224 e. The molecule has 0 saturated carbocycles. The molecule has 0 aliphatic carbocycles. The van der Waals surface area contributed by atoms with Gasteiger partial charge in [0.25, 0.3) is 0 Å². The monoisotopic (exact) mass is 342 g/mol. The van der Waals surface area contributed by atoms with Crippen molar-refractivity contribution in [3.63, 3.8) is 0 Å². The van der Waals surface area contributed by atoms with Crippen LogP contribution in [0.1, 0.15) is 19.5 Å². The van der Waals surface area contributed by atoms with Crippen molar-refractivity contribution < 1.29 is 4.74 Å². The zero-order valence-corrected chi connectivity index (χ0v) is 14.9. The highest BCUT2D eigenvalue weighted by Crippen LogP contribution is 2.39. The van der Waals surface area contributed by atoms with Gasteiger partial charge in [0.05, 0.1) is 23.8 Å². The number of halogens is 1. The summed E-state index contributed by atoms with van der Waals surface area (Å²) in [5, 5.41) is 0.326. The topological polar surface area (TPSA) is 64.3 Å². The Morgan fingerprint density at radius 1 is 1.27 bits per heavy atom. The van der Waals surface area contributed by atoms with Crippen LogP contribution >= 0.6 is 23.4 Å². The molecule has 0 spiro atoms. The maximum absolute atomic E-state index is 6.11. The Bertz CT molecular complexity index is 545. The van der Waals surface area contributed by atoms with Crippen LogP contribution in [0.3, 0.4) is 0 Å². The molecule has 0 radical (unpaired) electrons. The lowest BCUT2D eigenvalue weighted by atomic mass is 10.0. The van der Waals surface area contributed by atoms with Crippen molar-refractivity contribution in [3.8, 4) is 0 Å². The summed E-state index contributed by atoms with van der Waals surface area (Å²) >= 11 is 7.93. The fourth-order valence-corrected chi connectivity index (χ4v) is 3.81. The lowest BCUT2D eigenvalue weighted by molar-refractivity contribution is 0.122. The summed E-state index contributed by atoms with van der Waals surface area (Å²) in [6.07, 6.45) is 2.17. The van der Waals surface area contributed by atoms with Gasteiger partial charge in [-0.15, -0.1) is 11.8 Å². The third-order valence-electron chi connectivity index (χ3n) is 3.60. The molecule has 1 fully saturated rings. The fraction of sp³-hybridized carbons (Fsp3) is 0.600. The molecule has 7 heteroatoms. The van der Waals surface area contributed by atoms with E-state index in [1.165, 1.54) is 12.6 Å². The Morgan fingerprint density at radius 2 is 1.95 bits per heavy atom. The van der Waals surface area contributed by atoms with Gasteiger partial charge in [-0.05, 0) is 30.6 Å².